The summed E-state index contributed by atoms with van der Waals surface area (Å²) in [5, 5.41) is -0.157. The molecule has 430 valence electrons. The molecule has 2 aliphatic heterocycles. The molecule has 13 rings (SSSR count). The second-order valence-corrected chi connectivity index (χ2v) is 22.3. The predicted octanol–water partition coefficient (Wildman–Crippen LogP) is 12.1. The van der Waals surface area contributed by atoms with Crippen LogP contribution in [0.5, 0.6) is 11.8 Å². The first kappa shape index (κ1) is 55.7. The molecule has 0 bridgehead atoms. The topological polar surface area (TPSA) is 201 Å². The smallest absolute Gasteiger partial charge is 0.367 e. The molecule has 0 N–H and O–H groups in total. The van der Waals surface area contributed by atoms with E-state index >= 15 is 28.0 Å². The van der Waals surface area contributed by atoms with Crippen molar-refractivity contribution in [2.75, 3.05) is 0 Å². The minimum absolute atomic E-state index is 0.0193. The van der Waals surface area contributed by atoms with Gasteiger partial charge in [0, 0.05) is 51.9 Å². The number of carbonyl (C=O) groups excluding carboxylic acids is 7. The van der Waals surface area contributed by atoms with Crippen LogP contribution >= 0.6 is 22.7 Å². The van der Waals surface area contributed by atoms with E-state index in [4.69, 9.17) is 33.4 Å². The van der Waals surface area contributed by atoms with Gasteiger partial charge in [-0.15, -0.1) is 22.7 Å². The lowest BCUT2D eigenvalue weighted by molar-refractivity contribution is -0.185. The minimum Gasteiger partial charge on any atom is -0.457 e. The summed E-state index contributed by atoms with van der Waals surface area (Å²) < 4.78 is 97.4. The zero-order chi connectivity index (χ0) is 60.3. The van der Waals surface area contributed by atoms with Crippen molar-refractivity contribution >= 4 is 87.2 Å². The van der Waals surface area contributed by atoms with Gasteiger partial charge in [-0.05, 0) is 69.8 Å². The van der Waals surface area contributed by atoms with Gasteiger partial charge in [0.1, 0.15) is 59.7 Å². The first-order valence-electron chi connectivity index (χ1n) is 26.6. The monoisotopic (exact) mass is 1210 g/mol. The Balaban J connectivity index is 1.07. The molecule has 9 aromatic rings. The Morgan fingerprint density at radius 1 is 0.471 bits per heavy atom. The highest BCUT2D eigenvalue weighted by Crippen LogP contribution is 2.57. The second kappa shape index (κ2) is 22.2. The summed E-state index contributed by atoms with van der Waals surface area (Å²) in [7, 11) is 0. The van der Waals surface area contributed by atoms with Crippen LogP contribution in [0.3, 0.4) is 0 Å². The number of carbonyl (C=O) groups is 7. The van der Waals surface area contributed by atoms with E-state index in [1.807, 2.05) is 0 Å². The summed E-state index contributed by atoms with van der Waals surface area (Å²) in [6, 6.07) is 39.1. The van der Waals surface area contributed by atoms with Gasteiger partial charge in [0.05, 0.1) is 20.9 Å². The first-order valence-corrected chi connectivity index (χ1v) is 28.2. The number of fused-ring (bicyclic) bond motifs is 8. The Morgan fingerprint density at radius 2 is 0.851 bits per heavy atom. The molecule has 4 aliphatic rings. The van der Waals surface area contributed by atoms with Gasteiger partial charge in [-0.2, -0.15) is 0 Å². The number of esters is 4. The highest BCUT2D eigenvalue weighted by Gasteiger charge is 2.63. The van der Waals surface area contributed by atoms with Crippen molar-refractivity contribution in [2.45, 2.75) is 44.1 Å². The molecule has 2 aliphatic carbocycles. The maximum Gasteiger partial charge on any atom is 0.367 e. The molecular weight excluding hydrogens is 1170 g/mol. The maximum atomic E-state index is 15.5. The van der Waals surface area contributed by atoms with Crippen molar-refractivity contribution in [3.63, 3.8) is 0 Å². The lowest BCUT2D eigenvalue weighted by Crippen LogP contribution is -2.54. The summed E-state index contributed by atoms with van der Waals surface area (Å²) in [5.41, 5.74) is -6.78. The normalized spacial score (nSPS) is 15.5. The quantitative estimate of drug-likeness (QED) is 0.0248. The van der Waals surface area contributed by atoms with Gasteiger partial charge in [0.15, 0.2) is 5.78 Å². The summed E-state index contributed by atoms with van der Waals surface area (Å²) in [6.07, 6.45) is 2.09. The summed E-state index contributed by atoms with van der Waals surface area (Å²) >= 11 is 1.60. The van der Waals surface area contributed by atoms with E-state index in [2.05, 4.69) is 4.98 Å². The number of ether oxygens (including phenoxy) is 6. The van der Waals surface area contributed by atoms with Crippen molar-refractivity contribution in [1.29, 1.82) is 0 Å². The van der Waals surface area contributed by atoms with E-state index in [1.165, 1.54) is 18.2 Å². The summed E-state index contributed by atoms with van der Waals surface area (Å²) in [5.74, 6) is -13.8. The molecule has 0 fully saturated rings. The van der Waals surface area contributed by atoms with Crippen LogP contribution in [-0.2, 0) is 80.5 Å². The third-order valence-electron chi connectivity index (χ3n) is 14.8. The minimum atomic E-state index is -3.03. The Kier molecular flexibility index (Phi) is 14.2. The average molecular weight is 1210 g/mol. The standard InChI is InChI=1S/C66H38F4N2O13S2/c67-39-23-41-38(21-50(73)53(41)48(69)25-39)22-51-71-59-57(86-51)44-27-47-45(28-46(44)65(84-59,61(76)80-30-34-13-5-1-6-14-34)62(77)81-31-35-15-7-2-8-16-35)58-60(72-52(87-58)29-43-42-24-40(68)26-49(70)54(42)56(75)55(43)74)85-66(47,63(78)82-32-36-17-9-3-10-18-36)64(79)83-33-37-19-11-4-12-20-37/h1-20,22-29H,21,30-33H2/b38-22+,43-29-. The third kappa shape index (κ3) is 9.85. The Hall–Kier alpha value is -10.5. The van der Waals surface area contributed by atoms with Crippen LogP contribution in [0.2, 0.25) is 0 Å². The zero-order valence-corrected chi connectivity index (χ0v) is 46.4. The average Bonchev–Trinajstić information content (AvgIpc) is 1.66. The number of hydrogen-bond acceptors (Lipinski definition) is 17. The number of thiazole rings is 2. The van der Waals surface area contributed by atoms with Crippen molar-refractivity contribution in [3.8, 4) is 32.6 Å². The number of benzene rings is 7. The Labute approximate surface area is 497 Å². The van der Waals surface area contributed by atoms with Crippen LogP contribution in [0, 0.1) is 23.3 Å². The van der Waals surface area contributed by atoms with E-state index in [0.29, 0.717) is 34.4 Å². The van der Waals surface area contributed by atoms with Gasteiger partial charge < -0.3 is 28.4 Å². The van der Waals surface area contributed by atoms with Crippen molar-refractivity contribution in [3.05, 3.63) is 247 Å². The number of Topliss-reactive ketones (excluding diaryl/α,β-unsaturated/α-hetero) is 3. The maximum absolute atomic E-state index is 15.5. The molecule has 0 atom stereocenters. The highest BCUT2D eigenvalue weighted by atomic mass is 32.1. The lowest BCUT2D eigenvalue weighted by atomic mass is 9.79. The number of hydrogen-bond donors (Lipinski definition) is 0. The van der Waals surface area contributed by atoms with Crippen LogP contribution in [0.15, 0.2) is 158 Å². The van der Waals surface area contributed by atoms with E-state index < -0.39 is 125 Å². The first-order chi connectivity index (χ1) is 42.1. The molecule has 0 amide bonds. The third-order valence-corrected chi connectivity index (χ3v) is 16.8. The van der Waals surface area contributed by atoms with E-state index in [9.17, 15) is 23.2 Å². The molecule has 0 unspecified atom stereocenters. The lowest BCUT2D eigenvalue weighted by Gasteiger charge is -2.38. The van der Waals surface area contributed by atoms with Crippen LogP contribution in [0.1, 0.15) is 81.7 Å². The molecule has 0 saturated carbocycles. The summed E-state index contributed by atoms with van der Waals surface area (Å²) in [4.78, 5) is 112. The van der Waals surface area contributed by atoms with Gasteiger partial charge in [0.25, 0.3) is 0 Å². The second-order valence-electron chi connectivity index (χ2n) is 20.2. The number of ketones is 3. The molecule has 15 nitrogen and oxygen atoms in total. The molecule has 87 heavy (non-hydrogen) atoms. The Morgan fingerprint density at radius 3 is 1.26 bits per heavy atom. The Bertz CT molecular complexity index is 4360. The molecule has 0 radical (unpaired) electrons. The fourth-order valence-corrected chi connectivity index (χ4v) is 12.6. The number of aromatic nitrogens is 2. The van der Waals surface area contributed by atoms with Crippen molar-refractivity contribution < 1.29 is 79.5 Å². The number of allylic oxidation sites excluding steroid dienone is 2. The molecule has 4 heterocycles. The molecule has 21 heteroatoms. The number of halogens is 4. The van der Waals surface area contributed by atoms with Gasteiger partial charge in [0.2, 0.25) is 23.3 Å². The van der Waals surface area contributed by atoms with Gasteiger partial charge in [-0.1, -0.05) is 121 Å². The predicted molar refractivity (Wildman–Crippen MR) is 305 cm³/mol. The SMILES string of the molecule is O=C1C(=O)c2c(F)cc(F)cc2/C1=C/c1nc2c(s1)-c1cc3c(cc1C(C(=O)OCc1ccccc1)(C(=O)OCc1ccccc1)O2)-c1sc(/C=C2\CC(=O)c4c(F)cc(F)cc42)nc1OC3(C(=O)OCc1ccccc1)C(=O)OCc1ccccc1. The van der Waals surface area contributed by atoms with Gasteiger partial charge >= 0.3 is 35.1 Å². The fourth-order valence-electron chi connectivity index (χ4n) is 10.7. The number of nitrogens with zero attached hydrogens (tertiary/aromatic N) is 2. The summed E-state index contributed by atoms with van der Waals surface area (Å²) in [6.45, 7) is -1.72. The van der Waals surface area contributed by atoms with Crippen LogP contribution in [0.25, 0.3) is 44.2 Å². The highest BCUT2D eigenvalue weighted by molar-refractivity contribution is 7.17. The van der Waals surface area contributed by atoms with E-state index in [0.717, 1.165) is 40.9 Å². The largest absolute Gasteiger partial charge is 0.457 e. The zero-order valence-electron chi connectivity index (χ0n) is 44.7. The van der Waals surface area contributed by atoms with Crippen molar-refractivity contribution in [2.24, 2.45) is 0 Å². The van der Waals surface area contributed by atoms with Crippen molar-refractivity contribution in [1.82, 2.24) is 9.97 Å². The van der Waals surface area contributed by atoms with Crippen LogP contribution < -0.4 is 9.47 Å². The molecule has 0 spiro atoms. The van der Waals surface area contributed by atoms with Crippen LogP contribution in [0.4, 0.5) is 17.6 Å². The van der Waals surface area contributed by atoms with Gasteiger partial charge in [-0.25, -0.2) is 46.7 Å². The van der Waals surface area contributed by atoms with E-state index in [1.54, 1.807) is 121 Å². The molecule has 2 aromatic heterocycles. The molecule has 0 saturated heterocycles. The molecular formula is C66H38F4N2O13S2. The van der Waals surface area contributed by atoms with Crippen LogP contribution in [-0.4, -0.2) is 51.2 Å². The fraction of sp³-hybridized carbons (Fsp3) is 0.106. The van der Waals surface area contributed by atoms with E-state index in [-0.39, 0.29) is 70.7 Å². The van der Waals surface area contributed by atoms with Gasteiger partial charge in [-0.3, -0.25) is 14.4 Å². The number of rotatable bonds is 14. The molecule has 7 aromatic carbocycles.